The molecule has 1 aromatic carbocycles. The van der Waals surface area contributed by atoms with Crippen LogP contribution in [0.4, 0.5) is 0 Å². The van der Waals surface area contributed by atoms with Gasteiger partial charge in [-0.15, -0.1) is 0 Å². The van der Waals surface area contributed by atoms with Crippen LogP contribution in [0.1, 0.15) is 5.56 Å². The number of benzene rings is 1. The van der Waals surface area contributed by atoms with Crippen molar-refractivity contribution in [2.24, 2.45) is 10.7 Å². The Labute approximate surface area is 137 Å². The van der Waals surface area contributed by atoms with Gasteiger partial charge in [-0.05, 0) is 24.3 Å². The van der Waals surface area contributed by atoms with Gasteiger partial charge in [-0.2, -0.15) is 5.10 Å². The summed E-state index contributed by atoms with van der Waals surface area (Å²) in [7, 11) is 0. The molecule has 2 aromatic rings. The van der Waals surface area contributed by atoms with Crippen LogP contribution in [0.2, 0.25) is 0 Å². The highest BCUT2D eigenvalue weighted by molar-refractivity contribution is 9.10. The molecule has 1 saturated heterocycles. The smallest absolute Gasteiger partial charge is 0.191 e. The van der Waals surface area contributed by atoms with Crippen molar-refractivity contribution in [3.05, 3.63) is 46.7 Å². The topological polar surface area (TPSA) is 68.7 Å². The van der Waals surface area contributed by atoms with E-state index in [9.17, 15) is 0 Å². The van der Waals surface area contributed by atoms with Crippen molar-refractivity contribution in [1.29, 1.82) is 0 Å². The Kier molecular flexibility index (Phi) is 4.74. The molecule has 1 aliphatic heterocycles. The van der Waals surface area contributed by atoms with Crippen molar-refractivity contribution in [3.8, 4) is 5.69 Å². The van der Waals surface area contributed by atoms with Crippen LogP contribution in [-0.4, -0.2) is 46.9 Å². The Bertz CT molecular complexity index is 646. The van der Waals surface area contributed by atoms with Gasteiger partial charge in [-0.3, -0.25) is 0 Å². The molecule has 0 unspecified atom stereocenters. The summed E-state index contributed by atoms with van der Waals surface area (Å²) < 4.78 is 8.19. The second kappa shape index (κ2) is 6.93. The van der Waals surface area contributed by atoms with E-state index < -0.39 is 0 Å². The molecule has 0 aliphatic carbocycles. The zero-order valence-electron chi connectivity index (χ0n) is 12.2. The van der Waals surface area contributed by atoms with E-state index >= 15 is 0 Å². The number of nitrogens with zero attached hydrogens (tertiary/aromatic N) is 4. The molecule has 7 heteroatoms. The summed E-state index contributed by atoms with van der Waals surface area (Å²) in [5.74, 6) is 0.569. The van der Waals surface area contributed by atoms with Crippen LogP contribution >= 0.6 is 15.9 Å². The van der Waals surface area contributed by atoms with Gasteiger partial charge in [0.15, 0.2) is 5.96 Å². The van der Waals surface area contributed by atoms with E-state index in [1.807, 2.05) is 46.2 Å². The van der Waals surface area contributed by atoms with Gasteiger partial charge in [0.1, 0.15) is 0 Å². The molecule has 2 heterocycles. The number of guanidine groups is 1. The van der Waals surface area contributed by atoms with E-state index in [-0.39, 0.29) is 0 Å². The lowest BCUT2D eigenvalue weighted by Gasteiger charge is -2.27. The minimum absolute atomic E-state index is 0.527. The molecule has 116 valence electrons. The molecule has 22 heavy (non-hydrogen) atoms. The number of aromatic nitrogens is 2. The normalized spacial score (nSPS) is 16.0. The van der Waals surface area contributed by atoms with Gasteiger partial charge in [-0.25, -0.2) is 9.67 Å². The van der Waals surface area contributed by atoms with Gasteiger partial charge < -0.3 is 15.4 Å². The van der Waals surface area contributed by atoms with Crippen LogP contribution in [0.3, 0.4) is 0 Å². The highest BCUT2D eigenvalue weighted by atomic mass is 79.9. The standard InChI is InChI=1S/C15H18BrN5O/c16-13-1-3-14(4-2-13)21-11-12(10-19-21)9-18-15(17)20-5-7-22-8-6-20/h1-4,10-11H,5-9H2,(H2,17,18). The number of hydrogen-bond acceptors (Lipinski definition) is 3. The Balaban J connectivity index is 1.65. The first-order valence-corrected chi connectivity index (χ1v) is 7.94. The fraction of sp³-hybridized carbons (Fsp3) is 0.333. The van der Waals surface area contributed by atoms with Crippen LogP contribution in [0.5, 0.6) is 0 Å². The molecule has 1 aliphatic rings. The van der Waals surface area contributed by atoms with Crippen molar-refractivity contribution < 1.29 is 4.74 Å². The summed E-state index contributed by atoms with van der Waals surface area (Å²) in [5, 5.41) is 4.36. The van der Waals surface area contributed by atoms with Gasteiger partial charge >= 0.3 is 0 Å². The Morgan fingerprint density at radius 1 is 1.27 bits per heavy atom. The van der Waals surface area contributed by atoms with Crippen LogP contribution in [0.25, 0.3) is 5.69 Å². The number of morpholine rings is 1. The van der Waals surface area contributed by atoms with Gasteiger partial charge in [0.05, 0.1) is 31.6 Å². The molecular weight excluding hydrogens is 346 g/mol. The third-order valence-electron chi connectivity index (χ3n) is 3.49. The summed E-state index contributed by atoms with van der Waals surface area (Å²) >= 11 is 3.43. The van der Waals surface area contributed by atoms with Crippen LogP contribution in [0, 0.1) is 0 Å². The van der Waals surface area contributed by atoms with Gasteiger partial charge in [0.25, 0.3) is 0 Å². The van der Waals surface area contributed by atoms with E-state index in [0.717, 1.165) is 28.8 Å². The third kappa shape index (κ3) is 3.66. The maximum atomic E-state index is 6.02. The number of nitrogens with two attached hydrogens (primary N) is 1. The molecular formula is C15H18BrN5O. The molecule has 0 radical (unpaired) electrons. The summed E-state index contributed by atoms with van der Waals surface area (Å²) in [6.45, 7) is 3.54. The number of hydrogen-bond donors (Lipinski definition) is 1. The van der Waals surface area contributed by atoms with Gasteiger partial charge in [-0.1, -0.05) is 15.9 Å². The SMILES string of the molecule is NC(=NCc1cnn(-c2ccc(Br)cc2)c1)N1CCOCC1. The van der Waals surface area contributed by atoms with Crippen LogP contribution in [0.15, 0.2) is 46.1 Å². The molecule has 0 saturated carbocycles. The lowest BCUT2D eigenvalue weighted by Crippen LogP contribution is -2.44. The molecule has 0 spiro atoms. The van der Waals surface area contributed by atoms with E-state index in [2.05, 4.69) is 26.0 Å². The van der Waals surface area contributed by atoms with Crippen molar-refractivity contribution in [3.63, 3.8) is 0 Å². The number of halogens is 1. The molecule has 0 amide bonds. The first-order chi connectivity index (χ1) is 10.7. The fourth-order valence-electron chi connectivity index (χ4n) is 2.24. The zero-order chi connectivity index (χ0) is 15.4. The third-order valence-corrected chi connectivity index (χ3v) is 4.01. The maximum Gasteiger partial charge on any atom is 0.191 e. The number of aliphatic imine (C=N–C) groups is 1. The molecule has 0 bridgehead atoms. The van der Waals surface area contributed by atoms with E-state index in [0.29, 0.717) is 25.7 Å². The van der Waals surface area contributed by atoms with Crippen LogP contribution < -0.4 is 5.73 Å². The average molecular weight is 364 g/mol. The van der Waals surface area contributed by atoms with Gasteiger partial charge in [0.2, 0.25) is 0 Å². The molecule has 3 rings (SSSR count). The summed E-state index contributed by atoms with van der Waals surface area (Å²) in [5.41, 5.74) is 8.06. The lowest BCUT2D eigenvalue weighted by molar-refractivity contribution is 0.0674. The Hall–Kier alpha value is -1.86. The second-order valence-electron chi connectivity index (χ2n) is 5.04. The van der Waals surface area contributed by atoms with E-state index in [1.54, 1.807) is 0 Å². The number of ether oxygens (including phenoxy) is 1. The first kappa shape index (κ1) is 15.1. The molecule has 6 nitrogen and oxygen atoms in total. The minimum Gasteiger partial charge on any atom is -0.378 e. The Morgan fingerprint density at radius 3 is 2.73 bits per heavy atom. The van der Waals surface area contributed by atoms with Gasteiger partial charge in [0, 0.05) is 29.3 Å². The molecule has 1 fully saturated rings. The monoisotopic (exact) mass is 363 g/mol. The predicted molar refractivity (Wildman–Crippen MR) is 89.0 cm³/mol. The van der Waals surface area contributed by atoms with Crippen LogP contribution in [-0.2, 0) is 11.3 Å². The van der Waals surface area contributed by atoms with Crippen molar-refractivity contribution >= 4 is 21.9 Å². The van der Waals surface area contributed by atoms with E-state index in [1.165, 1.54) is 0 Å². The average Bonchev–Trinajstić information content (AvgIpc) is 3.03. The minimum atomic E-state index is 0.527. The quantitative estimate of drug-likeness (QED) is 0.666. The molecule has 2 N–H and O–H groups in total. The highest BCUT2D eigenvalue weighted by Crippen LogP contribution is 2.14. The predicted octanol–water partition coefficient (Wildman–Crippen LogP) is 1.78. The summed E-state index contributed by atoms with van der Waals surface area (Å²) in [4.78, 5) is 6.49. The molecule has 1 aromatic heterocycles. The van der Waals surface area contributed by atoms with Crippen molar-refractivity contribution in [1.82, 2.24) is 14.7 Å². The zero-order valence-corrected chi connectivity index (χ0v) is 13.7. The largest absolute Gasteiger partial charge is 0.378 e. The number of rotatable bonds is 3. The maximum absolute atomic E-state index is 6.02. The van der Waals surface area contributed by atoms with Crippen molar-refractivity contribution in [2.75, 3.05) is 26.3 Å². The summed E-state index contributed by atoms with van der Waals surface area (Å²) in [6, 6.07) is 7.99. The van der Waals surface area contributed by atoms with Crippen molar-refractivity contribution in [2.45, 2.75) is 6.54 Å². The molecule has 0 atom stereocenters. The Morgan fingerprint density at radius 2 is 2.00 bits per heavy atom. The second-order valence-corrected chi connectivity index (χ2v) is 5.96. The lowest BCUT2D eigenvalue weighted by atomic mass is 10.3. The first-order valence-electron chi connectivity index (χ1n) is 7.14. The highest BCUT2D eigenvalue weighted by Gasteiger charge is 2.12. The van der Waals surface area contributed by atoms with E-state index in [4.69, 9.17) is 10.5 Å². The fourth-order valence-corrected chi connectivity index (χ4v) is 2.51. The summed E-state index contributed by atoms with van der Waals surface area (Å²) in [6.07, 6.45) is 3.79.